The van der Waals surface area contributed by atoms with Crippen molar-refractivity contribution in [1.82, 2.24) is 0 Å². The Bertz CT molecular complexity index is 727. The van der Waals surface area contributed by atoms with E-state index in [0.717, 1.165) is 37.7 Å². The second kappa shape index (κ2) is 8.22. The summed E-state index contributed by atoms with van der Waals surface area (Å²) in [5.74, 6) is 1.58. The van der Waals surface area contributed by atoms with Crippen LogP contribution in [-0.2, 0) is 14.3 Å². The standard InChI is InChI=1S/C22H34O4S/c1-16-8-10-18(11-9-16)27(24,25)26-15-5-6-17(2)19-12-13-20-21(23)7-4-14-22(19,20)3/h8-11,17,19-21,23H,4-7,12-15H2,1-3H3/t17?,19-,20?,21+,22-/m1/s1. The van der Waals surface area contributed by atoms with E-state index in [1.54, 1.807) is 24.3 Å². The summed E-state index contributed by atoms with van der Waals surface area (Å²) in [6.45, 7) is 6.81. The van der Waals surface area contributed by atoms with Crippen LogP contribution in [0.1, 0.15) is 64.4 Å². The molecule has 0 saturated heterocycles. The summed E-state index contributed by atoms with van der Waals surface area (Å²) in [5, 5.41) is 10.4. The van der Waals surface area contributed by atoms with E-state index >= 15 is 0 Å². The molecule has 1 aromatic carbocycles. The second-order valence-electron chi connectivity index (χ2n) is 8.96. The van der Waals surface area contributed by atoms with E-state index < -0.39 is 10.1 Å². The number of fused-ring (bicyclic) bond motifs is 1. The monoisotopic (exact) mass is 394 g/mol. The lowest BCUT2D eigenvalue weighted by molar-refractivity contribution is -0.0279. The van der Waals surface area contributed by atoms with E-state index in [4.69, 9.17) is 4.18 Å². The molecule has 152 valence electrons. The van der Waals surface area contributed by atoms with Gasteiger partial charge in [0.1, 0.15) is 0 Å². The Morgan fingerprint density at radius 1 is 1.22 bits per heavy atom. The third-order valence-corrected chi connectivity index (χ3v) is 8.53. The van der Waals surface area contributed by atoms with Crippen LogP contribution in [0.4, 0.5) is 0 Å². The van der Waals surface area contributed by atoms with E-state index in [0.29, 0.717) is 17.8 Å². The van der Waals surface area contributed by atoms with Crippen LogP contribution < -0.4 is 0 Å². The fourth-order valence-corrected chi connectivity index (χ4v) is 6.61. The molecular weight excluding hydrogens is 360 g/mol. The van der Waals surface area contributed by atoms with Gasteiger partial charge in [-0.15, -0.1) is 0 Å². The zero-order chi connectivity index (χ0) is 19.7. The maximum Gasteiger partial charge on any atom is 0.296 e. The minimum absolute atomic E-state index is 0.135. The van der Waals surface area contributed by atoms with Gasteiger partial charge in [-0.25, -0.2) is 0 Å². The fourth-order valence-electron chi connectivity index (χ4n) is 5.67. The lowest BCUT2D eigenvalue weighted by Crippen LogP contribution is -2.41. The summed E-state index contributed by atoms with van der Waals surface area (Å²) in [6.07, 6.45) is 7.17. The van der Waals surface area contributed by atoms with Gasteiger partial charge in [-0.3, -0.25) is 4.18 Å². The topological polar surface area (TPSA) is 63.6 Å². The first-order valence-electron chi connectivity index (χ1n) is 10.4. The lowest BCUT2D eigenvalue weighted by Gasteiger charge is -2.45. The van der Waals surface area contributed by atoms with Crippen LogP contribution in [0.5, 0.6) is 0 Å². The van der Waals surface area contributed by atoms with Crippen molar-refractivity contribution < 1.29 is 17.7 Å². The normalized spacial score (nSPS) is 32.2. The first-order chi connectivity index (χ1) is 12.7. The van der Waals surface area contributed by atoms with Gasteiger partial charge in [-0.05, 0) is 80.8 Å². The molecular formula is C22H34O4S. The van der Waals surface area contributed by atoms with Crippen LogP contribution in [0.25, 0.3) is 0 Å². The molecule has 4 nitrogen and oxygen atoms in total. The third kappa shape index (κ3) is 4.41. The zero-order valence-corrected chi connectivity index (χ0v) is 17.7. The molecule has 0 radical (unpaired) electrons. The highest BCUT2D eigenvalue weighted by atomic mass is 32.2. The highest BCUT2D eigenvalue weighted by molar-refractivity contribution is 7.86. The minimum atomic E-state index is -3.67. The van der Waals surface area contributed by atoms with Gasteiger partial charge in [-0.2, -0.15) is 8.42 Å². The van der Waals surface area contributed by atoms with Gasteiger partial charge >= 0.3 is 0 Å². The summed E-state index contributed by atoms with van der Waals surface area (Å²) < 4.78 is 29.8. The Hall–Kier alpha value is -0.910. The largest absolute Gasteiger partial charge is 0.393 e. The average molecular weight is 395 g/mol. The van der Waals surface area contributed by atoms with E-state index in [1.165, 1.54) is 12.8 Å². The molecule has 1 N–H and O–H groups in total. The molecule has 0 aliphatic heterocycles. The van der Waals surface area contributed by atoms with E-state index in [-0.39, 0.29) is 23.0 Å². The molecule has 0 bridgehead atoms. The molecule has 2 aliphatic rings. The average Bonchev–Trinajstić information content (AvgIpc) is 2.97. The van der Waals surface area contributed by atoms with Crippen LogP contribution in [0, 0.1) is 30.1 Å². The Labute approximate surface area is 164 Å². The SMILES string of the molecule is Cc1ccc(S(=O)(=O)OCCCC(C)[C@H]2CCC3[C@@H](O)CCC[C@@]32C)cc1. The number of benzene rings is 1. The van der Waals surface area contributed by atoms with Gasteiger partial charge in [0.15, 0.2) is 0 Å². The molecule has 5 atom stereocenters. The van der Waals surface area contributed by atoms with Crippen molar-refractivity contribution >= 4 is 10.1 Å². The lowest BCUT2D eigenvalue weighted by atomic mass is 9.61. The molecule has 27 heavy (non-hydrogen) atoms. The molecule has 2 aliphatic carbocycles. The van der Waals surface area contributed by atoms with Crippen molar-refractivity contribution in [3.63, 3.8) is 0 Å². The molecule has 0 spiro atoms. The first-order valence-corrected chi connectivity index (χ1v) is 11.8. The Morgan fingerprint density at radius 2 is 1.93 bits per heavy atom. The Kier molecular flexibility index (Phi) is 6.34. The number of hydrogen-bond acceptors (Lipinski definition) is 4. The van der Waals surface area contributed by atoms with Crippen molar-refractivity contribution in [3.05, 3.63) is 29.8 Å². The highest BCUT2D eigenvalue weighted by Gasteiger charge is 2.51. The summed E-state index contributed by atoms with van der Waals surface area (Å²) in [4.78, 5) is 0.225. The zero-order valence-electron chi connectivity index (χ0n) is 16.9. The smallest absolute Gasteiger partial charge is 0.296 e. The van der Waals surface area contributed by atoms with Gasteiger partial charge < -0.3 is 5.11 Å². The van der Waals surface area contributed by atoms with E-state index in [9.17, 15) is 13.5 Å². The predicted octanol–water partition coefficient (Wildman–Crippen LogP) is 4.69. The molecule has 2 saturated carbocycles. The van der Waals surface area contributed by atoms with E-state index in [2.05, 4.69) is 13.8 Å². The number of aliphatic hydroxyl groups excluding tert-OH is 1. The minimum Gasteiger partial charge on any atom is -0.393 e. The Balaban J connectivity index is 1.50. The summed E-state index contributed by atoms with van der Waals surface area (Å²) in [7, 11) is -3.67. The van der Waals surface area contributed by atoms with Gasteiger partial charge in [0.25, 0.3) is 10.1 Å². The Morgan fingerprint density at radius 3 is 2.63 bits per heavy atom. The van der Waals surface area contributed by atoms with Crippen molar-refractivity contribution in [2.45, 2.75) is 76.7 Å². The van der Waals surface area contributed by atoms with Crippen molar-refractivity contribution in [2.75, 3.05) is 6.61 Å². The summed E-state index contributed by atoms with van der Waals surface area (Å²) >= 11 is 0. The molecule has 2 unspecified atom stereocenters. The van der Waals surface area contributed by atoms with Crippen molar-refractivity contribution in [1.29, 1.82) is 0 Å². The maximum absolute atomic E-state index is 12.3. The van der Waals surface area contributed by atoms with Crippen LogP contribution in [-0.4, -0.2) is 26.2 Å². The quantitative estimate of drug-likeness (QED) is 0.538. The molecule has 0 aromatic heterocycles. The van der Waals surface area contributed by atoms with Gasteiger partial charge in [-0.1, -0.05) is 38.0 Å². The number of rotatable bonds is 7. The number of hydrogen-bond donors (Lipinski definition) is 1. The molecule has 2 fully saturated rings. The fraction of sp³-hybridized carbons (Fsp3) is 0.727. The van der Waals surface area contributed by atoms with Crippen LogP contribution in [0.3, 0.4) is 0 Å². The summed E-state index contributed by atoms with van der Waals surface area (Å²) in [6, 6.07) is 6.77. The van der Waals surface area contributed by atoms with Gasteiger partial charge in [0.05, 0.1) is 17.6 Å². The molecule has 0 heterocycles. The van der Waals surface area contributed by atoms with Crippen molar-refractivity contribution in [2.24, 2.45) is 23.2 Å². The highest BCUT2D eigenvalue weighted by Crippen LogP contribution is 2.58. The van der Waals surface area contributed by atoms with Crippen LogP contribution >= 0.6 is 0 Å². The number of aryl methyl sites for hydroxylation is 1. The van der Waals surface area contributed by atoms with Gasteiger partial charge in [0.2, 0.25) is 0 Å². The van der Waals surface area contributed by atoms with Crippen LogP contribution in [0.2, 0.25) is 0 Å². The first kappa shape index (κ1) is 20.8. The van der Waals surface area contributed by atoms with Crippen LogP contribution in [0.15, 0.2) is 29.2 Å². The van der Waals surface area contributed by atoms with Crippen molar-refractivity contribution in [3.8, 4) is 0 Å². The molecule has 3 rings (SSSR count). The number of aliphatic hydroxyl groups is 1. The van der Waals surface area contributed by atoms with Gasteiger partial charge in [0, 0.05) is 0 Å². The maximum atomic E-state index is 12.3. The second-order valence-corrected chi connectivity index (χ2v) is 10.6. The predicted molar refractivity (Wildman–Crippen MR) is 107 cm³/mol. The summed E-state index contributed by atoms with van der Waals surface area (Å²) in [5.41, 5.74) is 1.27. The third-order valence-electron chi connectivity index (χ3n) is 7.20. The molecule has 0 amide bonds. The molecule has 1 aromatic rings. The molecule has 5 heteroatoms. The van der Waals surface area contributed by atoms with E-state index in [1.807, 2.05) is 6.92 Å².